The number of hydrogen-bond donors (Lipinski definition) is 2. The molecule has 3 N–H and O–H groups in total. The summed E-state index contributed by atoms with van der Waals surface area (Å²) in [6.07, 6.45) is 1.50. The molecule has 0 saturated carbocycles. The third-order valence-electron chi connectivity index (χ3n) is 6.67. The van der Waals surface area contributed by atoms with Crippen LogP contribution in [0, 0.1) is 28.9 Å². The molecule has 1 aliphatic rings. The highest BCUT2D eigenvalue weighted by Gasteiger charge is 2.26. The van der Waals surface area contributed by atoms with Crippen molar-refractivity contribution in [1.82, 2.24) is 14.5 Å². The number of aromatic nitrogens is 3. The molecule has 1 atom stereocenters. The molecule has 1 fully saturated rings. The first kappa shape index (κ1) is 25.1. The summed E-state index contributed by atoms with van der Waals surface area (Å²) < 4.78 is 35.8. The van der Waals surface area contributed by atoms with Gasteiger partial charge in [0.05, 0.1) is 34.9 Å². The molecule has 0 radical (unpaired) electrons. The van der Waals surface area contributed by atoms with Gasteiger partial charge in [-0.25, -0.2) is 23.5 Å². The first-order valence-electron chi connectivity index (χ1n) is 12.0. The second-order valence-corrected chi connectivity index (χ2v) is 9.10. The summed E-state index contributed by atoms with van der Waals surface area (Å²) in [4.78, 5) is 22.5. The van der Waals surface area contributed by atoms with Crippen LogP contribution in [0.5, 0.6) is 5.75 Å². The SMILES string of the molecule is N#Cc1ccc(OCc2nc(N3CCC(Cc4nc5ccc(C(=O)O)cc5n4CN)C3)ccc2F)c(F)c1. The van der Waals surface area contributed by atoms with Crippen LogP contribution in [-0.4, -0.2) is 38.7 Å². The Hall–Kier alpha value is -4.56. The number of nitriles is 1. The summed E-state index contributed by atoms with van der Waals surface area (Å²) in [5.41, 5.74) is 7.73. The van der Waals surface area contributed by atoms with E-state index in [9.17, 15) is 18.7 Å². The standard InChI is InChI=1S/C27H24F2N6O3/c28-19-3-6-25(33-22(19)14-38-24-5-1-16(12-30)9-20(24)29)34-8-7-17(13-34)10-26-32-21-4-2-18(27(36)37)11-23(21)35(26)15-31/h1-6,9,11,17H,7-8,10,13-15,31H2,(H,36,37). The fourth-order valence-corrected chi connectivity index (χ4v) is 4.71. The highest BCUT2D eigenvalue weighted by atomic mass is 19.1. The van der Waals surface area contributed by atoms with Gasteiger partial charge in [-0.2, -0.15) is 5.26 Å². The number of aromatic carboxylic acids is 1. The van der Waals surface area contributed by atoms with Crippen molar-refractivity contribution in [2.45, 2.75) is 26.1 Å². The Morgan fingerprint density at radius 2 is 2.00 bits per heavy atom. The predicted octanol–water partition coefficient (Wildman–Crippen LogP) is 3.84. The number of carbonyl (C=O) groups is 1. The fourth-order valence-electron chi connectivity index (χ4n) is 4.71. The van der Waals surface area contributed by atoms with Crippen molar-refractivity contribution in [2.75, 3.05) is 18.0 Å². The van der Waals surface area contributed by atoms with Crippen molar-refractivity contribution < 1.29 is 23.4 Å². The van der Waals surface area contributed by atoms with E-state index in [2.05, 4.69) is 9.97 Å². The lowest BCUT2D eigenvalue weighted by Gasteiger charge is -2.19. The number of benzene rings is 2. The van der Waals surface area contributed by atoms with Gasteiger partial charge in [-0.05, 0) is 60.9 Å². The molecule has 0 spiro atoms. The van der Waals surface area contributed by atoms with E-state index in [0.29, 0.717) is 36.4 Å². The zero-order valence-electron chi connectivity index (χ0n) is 20.3. The molecule has 2 aromatic carbocycles. The molecular formula is C27H24F2N6O3. The number of carboxylic acid groups (broad SMARTS) is 1. The molecule has 1 unspecified atom stereocenters. The van der Waals surface area contributed by atoms with Crippen LogP contribution in [0.2, 0.25) is 0 Å². The van der Waals surface area contributed by atoms with Crippen molar-refractivity contribution in [2.24, 2.45) is 11.7 Å². The van der Waals surface area contributed by atoms with Gasteiger partial charge in [0, 0.05) is 19.5 Å². The minimum absolute atomic E-state index is 0.0499. The smallest absolute Gasteiger partial charge is 0.335 e. The zero-order chi connectivity index (χ0) is 26.8. The summed E-state index contributed by atoms with van der Waals surface area (Å²) in [6, 6.07) is 13.4. The maximum absolute atomic E-state index is 14.4. The van der Waals surface area contributed by atoms with Gasteiger partial charge in [0.1, 0.15) is 29.8 Å². The van der Waals surface area contributed by atoms with Gasteiger partial charge in [-0.3, -0.25) is 0 Å². The first-order chi connectivity index (χ1) is 18.4. The lowest BCUT2D eigenvalue weighted by molar-refractivity contribution is 0.0697. The van der Waals surface area contributed by atoms with E-state index in [-0.39, 0.29) is 41.8 Å². The highest BCUT2D eigenvalue weighted by Crippen LogP contribution is 2.28. The minimum atomic E-state index is -1.01. The highest BCUT2D eigenvalue weighted by molar-refractivity contribution is 5.92. The number of hydrogen-bond acceptors (Lipinski definition) is 7. The number of pyridine rings is 1. The number of imidazole rings is 1. The van der Waals surface area contributed by atoms with Crippen molar-refractivity contribution in [3.8, 4) is 11.8 Å². The van der Waals surface area contributed by atoms with Crippen LogP contribution >= 0.6 is 0 Å². The van der Waals surface area contributed by atoms with E-state index in [1.54, 1.807) is 18.2 Å². The average Bonchev–Trinajstić information content (AvgIpc) is 3.52. The van der Waals surface area contributed by atoms with Gasteiger partial charge in [0.2, 0.25) is 0 Å². The molecule has 9 nitrogen and oxygen atoms in total. The average molecular weight is 519 g/mol. The lowest BCUT2D eigenvalue weighted by atomic mass is 10.0. The second-order valence-electron chi connectivity index (χ2n) is 9.10. The monoisotopic (exact) mass is 518 g/mol. The molecule has 4 aromatic rings. The largest absolute Gasteiger partial charge is 0.484 e. The number of nitrogens with two attached hydrogens (primary N) is 1. The Morgan fingerprint density at radius 1 is 1.16 bits per heavy atom. The van der Waals surface area contributed by atoms with Crippen LogP contribution < -0.4 is 15.4 Å². The normalized spacial score (nSPS) is 15.1. The van der Waals surface area contributed by atoms with Crippen molar-refractivity contribution >= 4 is 22.8 Å². The third kappa shape index (κ3) is 4.99. The van der Waals surface area contributed by atoms with E-state index < -0.39 is 17.6 Å². The second kappa shape index (κ2) is 10.4. The van der Waals surface area contributed by atoms with Crippen molar-refractivity contribution in [1.29, 1.82) is 5.26 Å². The lowest BCUT2D eigenvalue weighted by Crippen LogP contribution is -2.23. The van der Waals surface area contributed by atoms with E-state index in [1.165, 1.54) is 24.3 Å². The molecule has 5 rings (SSSR count). The maximum Gasteiger partial charge on any atom is 0.335 e. The van der Waals surface area contributed by atoms with Crippen LogP contribution in [0.25, 0.3) is 11.0 Å². The van der Waals surface area contributed by atoms with Gasteiger partial charge >= 0.3 is 5.97 Å². The number of halogens is 2. The van der Waals surface area contributed by atoms with E-state index >= 15 is 0 Å². The van der Waals surface area contributed by atoms with Gasteiger partial charge in [0.25, 0.3) is 0 Å². The third-order valence-corrected chi connectivity index (χ3v) is 6.67. The van der Waals surface area contributed by atoms with Gasteiger partial charge in [-0.15, -0.1) is 0 Å². The number of ether oxygens (including phenoxy) is 1. The molecule has 38 heavy (non-hydrogen) atoms. The van der Waals surface area contributed by atoms with E-state index in [0.717, 1.165) is 18.3 Å². The van der Waals surface area contributed by atoms with E-state index in [1.807, 2.05) is 15.5 Å². The fraction of sp³-hybridized carbons (Fsp3) is 0.259. The van der Waals surface area contributed by atoms with Crippen LogP contribution in [0.15, 0.2) is 48.5 Å². The quantitative estimate of drug-likeness (QED) is 0.360. The first-order valence-corrected chi connectivity index (χ1v) is 12.0. The molecule has 3 heterocycles. The molecule has 2 aromatic heterocycles. The molecule has 194 valence electrons. The summed E-state index contributed by atoms with van der Waals surface area (Å²) in [7, 11) is 0. The summed E-state index contributed by atoms with van der Waals surface area (Å²) in [6.45, 7) is 1.28. The Morgan fingerprint density at radius 3 is 2.74 bits per heavy atom. The number of anilines is 1. The zero-order valence-corrected chi connectivity index (χ0v) is 20.3. The topological polar surface area (TPSA) is 130 Å². The maximum atomic E-state index is 14.4. The molecule has 1 saturated heterocycles. The van der Waals surface area contributed by atoms with Gasteiger partial charge in [-0.1, -0.05) is 0 Å². The number of rotatable bonds is 8. The van der Waals surface area contributed by atoms with Crippen LogP contribution in [-0.2, 0) is 19.7 Å². The van der Waals surface area contributed by atoms with Gasteiger partial charge < -0.3 is 25.0 Å². The Labute approximate surface area is 216 Å². The predicted molar refractivity (Wildman–Crippen MR) is 135 cm³/mol. The van der Waals surface area contributed by atoms with Crippen LogP contribution in [0.4, 0.5) is 14.6 Å². The molecular weight excluding hydrogens is 494 g/mol. The summed E-state index contributed by atoms with van der Waals surface area (Å²) in [5.74, 6) is -0.760. The number of carboxylic acids is 1. The molecule has 1 aliphatic heterocycles. The van der Waals surface area contributed by atoms with Crippen LogP contribution in [0.3, 0.4) is 0 Å². The molecule has 0 bridgehead atoms. The van der Waals surface area contributed by atoms with Crippen molar-refractivity contribution in [3.63, 3.8) is 0 Å². The van der Waals surface area contributed by atoms with Crippen LogP contribution in [0.1, 0.15) is 33.9 Å². The minimum Gasteiger partial charge on any atom is -0.484 e. The van der Waals surface area contributed by atoms with Gasteiger partial charge in [0.15, 0.2) is 11.6 Å². The molecule has 11 heteroatoms. The van der Waals surface area contributed by atoms with E-state index in [4.69, 9.17) is 15.7 Å². The Balaban J connectivity index is 1.28. The number of fused-ring (bicyclic) bond motifs is 1. The summed E-state index contributed by atoms with van der Waals surface area (Å²) in [5, 5.41) is 18.2. The molecule has 0 amide bonds. The number of nitrogens with zero attached hydrogens (tertiary/aromatic N) is 5. The Bertz CT molecular complexity index is 1560. The molecule has 0 aliphatic carbocycles. The Kier molecular flexibility index (Phi) is 6.89. The van der Waals surface area contributed by atoms with Crippen molar-refractivity contribution in [3.05, 3.63) is 82.8 Å². The summed E-state index contributed by atoms with van der Waals surface area (Å²) >= 11 is 0.